The van der Waals surface area contributed by atoms with Crippen LogP contribution in [0.2, 0.25) is 0 Å². The van der Waals surface area contributed by atoms with Crippen molar-refractivity contribution in [2.75, 3.05) is 7.11 Å². The number of halogens is 1. The Kier molecular flexibility index (Phi) is 8.52. The topological polar surface area (TPSA) is 30.5 Å². The molecule has 0 fully saturated rings. The van der Waals surface area contributed by atoms with Gasteiger partial charge >= 0.3 is 0 Å². The number of hydrogen-bond acceptors (Lipinski definition) is 3. The minimum Gasteiger partial charge on any atom is -0.493 e. The van der Waals surface area contributed by atoms with E-state index in [4.69, 9.17) is 9.47 Å². The Labute approximate surface area is 145 Å². The quantitative estimate of drug-likeness (QED) is 0.765. The first-order valence-electron chi connectivity index (χ1n) is 7.80. The zero-order valence-corrected chi connectivity index (χ0v) is 14.9. The van der Waals surface area contributed by atoms with Gasteiger partial charge in [0.1, 0.15) is 6.61 Å². The van der Waals surface area contributed by atoms with Gasteiger partial charge in [0.15, 0.2) is 11.5 Å². The molecule has 1 unspecified atom stereocenters. The molecule has 0 aliphatic rings. The van der Waals surface area contributed by atoms with Crippen LogP contribution in [0.5, 0.6) is 11.5 Å². The van der Waals surface area contributed by atoms with Gasteiger partial charge in [-0.2, -0.15) is 0 Å². The van der Waals surface area contributed by atoms with E-state index in [2.05, 4.69) is 37.4 Å². The van der Waals surface area contributed by atoms with Crippen molar-refractivity contribution in [2.24, 2.45) is 0 Å². The highest BCUT2D eigenvalue weighted by Crippen LogP contribution is 2.28. The molecule has 0 bridgehead atoms. The van der Waals surface area contributed by atoms with Crippen molar-refractivity contribution >= 4 is 12.4 Å². The summed E-state index contributed by atoms with van der Waals surface area (Å²) in [5, 5.41) is 3.48. The molecule has 23 heavy (non-hydrogen) atoms. The molecule has 4 heteroatoms. The Bertz CT molecular complexity index is 575. The molecule has 0 aromatic heterocycles. The molecule has 1 atom stereocenters. The molecule has 2 aromatic rings. The number of ether oxygens (including phenoxy) is 2. The molecule has 126 valence electrons. The summed E-state index contributed by atoms with van der Waals surface area (Å²) >= 11 is 0. The van der Waals surface area contributed by atoms with Crippen molar-refractivity contribution in [1.29, 1.82) is 0 Å². The Hall–Kier alpha value is -1.71. The Morgan fingerprint density at radius 1 is 1.00 bits per heavy atom. The smallest absolute Gasteiger partial charge is 0.161 e. The van der Waals surface area contributed by atoms with Gasteiger partial charge in [0.05, 0.1) is 7.11 Å². The molecule has 0 saturated heterocycles. The number of methoxy groups -OCH3 is 1. The molecular weight excluding hydrogens is 310 g/mol. The summed E-state index contributed by atoms with van der Waals surface area (Å²) in [5.41, 5.74) is 2.34. The summed E-state index contributed by atoms with van der Waals surface area (Å²) in [6.07, 6.45) is 1.12. The molecule has 2 rings (SSSR count). The summed E-state index contributed by atoms with van der Waals surface area (Å²) in [5.74, 6) is 1.55. The fourth-order valence-corrected chi connectivity index (χ4v) is 2.11. The molecule has 0 spiro atoms. The van der Waals surface area contributed by atoms with Crippen LogP contribution in [0.25, 0.3) is 0 Å². The number of benzene rings is 2. The molecule has 0 aliphatic carbocycles. The lowest BCUT2D eigenvalue weighted by molar-refractivity contribution is 0.284. The van der Waals surface area contributed by atoms with Crippen LogP contribution in [0.4, 0.5) is 0 Å². The monoisotopic (exact) mass is 335 g/mol. The lowest BCUT2D eigenvalue weighted by Gasteiger charge is -2.14. The van der Waals surface area contributed by atoms with Crippen LogP contribution < -0.4 is 14.8 Å². The summed E-state index contributed by atoms with van der Waals surface area (Å²) in [4.78, 5) is 0. The van der Waals surface area contributed by atoms with Crippen molar-refractivity contribution in [3.63, 3.8) is 0 Å². The Balaban J connectivity index is 0.00000264. The van der Waals surface area contributed by atoms with Gasteiger partial charge in [-0.05, 0) is 36.6 Å². The van der Waals surface area contributed by atoms with E-state index in [-0.39, 0.29) is 12.4 Å². The normalized spacial score (nSPS) is 11.4. The van der Waals surface area contributed by atoms with E-state index >= 15 is 0 Å². The molecule has 0 aliphatic heterocycles. The van der Waals surface area contributed by atoms with Gasteiger partial charge in [-0.25, -0.2) is 0 Å². The second kappa shape index (κ2) is 10.1. The summed E-state index contributed by atoms with van der Waals surface area (Å²) in [6, 6.07) is 16.7. The van der Waals surface area contributed by atoms with Crippen LogP contribution >= 0.6 is 12.4 Å². The van der Waals surface area contributed by atoms with E-state index in [1.807, 2.05) is 30.3 Å². The van der Waals surface area contributed by atoms with Crippen molar-refractivity contribution in [2.45, 2.75) is 39.5 Å². The third-order valence-electron chi connectivity index (χ3n) is 3.73. The molecule has 1 N–H and O–H groups in total. The average Bonchev–Trinajstić information content (AvgIpc) is 2.58. The van der Waals surface area contributed by atoms with Crippen molar-refractivity contribution < 1.29 is 9.47 Å². The van der Waals surface area contributed by atoms with Crippen LogP contribution in [-0.4, -0.2) is 13.2 Å². The van der Waals surface area contributed by atoms with Crippen molar-refractivity contribution in [1.82, 2.24) is 5.32 Å². The molecular formula is C19H26ClNO2. The highest BCUT2D eigenvalue weighted by atomic mass is 35.5. The molecule has 0 heterocycles. The van der Waals surface area contributed by atoms with E-state index in [1.54, 1.807) is 7.11 Å². The zero-order valence-electron chi connectivity index (χ0n) is 14.0. The standard InChI is InChI=1S/C19H25NO2.ClH/c1-4-15(2)20-13-17-10-11-18(19(12-17)21-3)22-14-16-8-6-5-7-9-16;/h5-12,15,20H,4,13-14H2,1-3H3;1H. The molecule has 0 saturated carbocycles. The second-order valence-corrected chi connectivity index (χ2v) is 5.45. The Morgan fingerprint density at radius 3 is 2.39 bits per heavy atom. The van der Waals surface area contributed by atoms with Gasteiger partial charge in [-0.1, -0.05) is 43.3 Å². The fourth-order valence-electron chi connectivity index (χ4n) is 2.11. The van der Waals surface area contributed by atoms with Crippen LogP contribution in [0.15, 0.2) is 48.5 Å². The van der Waals surface area contributed by atoms with Crippen molar-refractivity contribution in [3.8, 4) is 11.5 Å². The maximum atomic E-state index is 5.87. The van der Waals surface area contributed by atoms with E-state index in [0.29, 0.717) is 12.6 Å². The van der Waals surface area contributed by atoms with Crippen LogP contribution in [-0.2, 0) is 13.2 Å². The van der Waals surface area contributed by atoms with E-state index in [1.165, 1.54) is 5.56 Å². The highest BCUT2D eigenvalue weighted by Gasteiger charge is 2.07. The van der Waals surface area contributed by atoms with Gasteiger partial charge < -0.3 is 14.8 Å². The van der Waals surface area contributed by atoms with Gasteiger partial charge in [-0.15, -0.1) is 12.4 Å². The number of hydrogen-bond donors (Lipinski definition) is 1. The number of rotatable bonds is 8. The predicted molar refractivity (Wildman–Crippen MR) is 97.6 cm³/mol. The zero-order chi connectivity index (χ0) is 15.8. The van der Waals surface area contributed by atoms with Crippen LogP contribution in [0.1, 0.15) is 31.4 Å². The first-order valence-corrected chi connectivity index (χ1v) is 7.80. The predicted octanol–water partition coefficient (Wildman–Crippen LogP) is 4.58. The number of nitrogens with one attached hydrogen (secondary N) is 1. The third-order valence-corrected chi connectivity index (χ3v) is 3.73. The first-order chi connectivity index (χ1) is 10.7. The largest absolute Gasteiger partial charge is 0.493 e. The highest BCUT2D eigenvalue weighted by molar-refractivity contribution is 5.85. The lowest BCUT2D eigenvalue weighted by Crippen LogP contribution is -2.24. The van der Waals surface area contributed by atoms with Crippen LogP contribution in [0.3, 0.4) is 0 Å². The Morgan fingerprint density at radius 2 is 1.74 bits per heavy atom. The van der Waals surface area contributed by atoms with Gasteiger partial charge in [0.25, 0.3) is 0 Å². The van der Waals surface area contributed by atoms with Gasteiger partial charge in [0.2, 0.25) is 0 Å². The lowest BCUT2D eigenvalue weighted by atomic mass is 10.1. The molecule has 2 aromatic carbocycles. The van der Waals surface area contributed by atoms with Crippen molar-refractivity contribution in [3.05, 3.63) is 59.7 Å². The molecule has 0 radical (unpaired) electrons. The molecule has 0 amide bonds. The van der Waals surface area contributed by atoms with E-state index in [0.717, 1.165) is 30.0 Å². The molecule has 3 nitrogen and oxygen atoms in total. The summed E-state index contributed by atoms with van der Waals surface area (Å²) < 4.78 is 11.3. The third kappa shape index (κ3) is 6.12. The van der Waals surface area contributed by atoms with Gasteiger partial charge in [0, 0.05) is 12.6 Å². The summed E-state index contributed by atoms with van der Waals surface area (Å²) in [6.45, 7) is 5.75. The summed E-state index contributed by atoms with van der Waals surface area (Å²) in [7, 11) is 1.68. The SMILES string of the molecule is CCC(C)NCc1ccc(OCc2ccccc2)c(OC)c1.Cl. The average molecular weight is 336 g/mol. The maximum absolute atomic E-state index is 5.87. The second-order valence-electron chi connectivity index (χ2n) is 5.45. The maximum Gasteiger partial charge on any atom is 0.161 e. The first kappa shape index (κ1) is 19.3. The minimum atomic E-state index is 0. The van der Waals surface area contributed by atoms with E-state index in [9.17, 15) is 0 Å². The van der Waals surface area contributed by atoms with Crippen LogP contribution in [0, 0.1) is 0 Å². The minimum absolute atomic E-state index is 0. The van der Waals surface area contributed by atoms with Gasteiger partial charge in [-0.3, -0.25) is 0 Å². The fraction of sp³-hybridized carbons (Fsp3) is 0.368. The van der Waals surface area contributed by atoms with E-state index < -0.39 is 0 Å².